The first kappa shape index (κ1) is 12.1. The molecule has 2 unspecified atom stereocenters. The molecule has 0 amide bonds. The maximum absolute atomic E-state index is 5.12. The van der Waals surface area contributed by atoms with Gasteiger partial charge in [0.15, 0.2) is 5.82 Å². The predicted octanol–water partition coefficient (Wildman–Crippen LogP) is 1.51. The molecule has 0 bridgehead atoms. The Hall–Kier alpha value is -0.940. The Labute approximate surface area is 108 Å². The van der Waals surface area contributed by atoms with Crippen molar-refractivity contribution in [2.24, 2.45) is 5.92 Å². The molecule has 3 heterocycles. The number of nitrogens with zero attached hydrogens (tertiary/aromatic N) is 3. The number of hydrogen-bond acceptors (Lipinski definition) is 5. The van der Waals surface area contributed by atoms with E-state index in [0.717, 1.165) is 18.3 Å². The van der Waals surface area contributed by atoms with Gasteiger partial charge in [-0.2, -0.15) is 4.98 Å². The number of likely N-dealkylation sites (tertiary alicyclic amines) is 1. The molecule has 2 aliphatic heterocycles. The second-order valence-corrected chi connectivity index (χ2v) is 5.54. The van der Waals surface area contributed by atoms with E-state index >= 15 is 0 Å². The molecule has 0 aromatic carbocycles. The standard InChI is InChI=1S/C13H22N4O/c1-10-15-13(16-18-10)12-5-3-7-17(12)9-11-4-2-6-14-8-11/h11-12,14H,2-9H2,1H3. The monoisotopic (exact) mass is 250 g/mol. The van der Waals surface area contributed by atoms with Crippen molar-refractivity contribution in [3.05, 3.63) is 11.7 Å². The van der Waals surface area contributed by atoms with Crippen LogP contribution in [0, 0.1) is 12.8 Å². The average molecular weight is 250 g/mol. The highest BCUT2D eigenvalue weighted by Gasteiger charge is 2.31. The Morgan fingerprint density at radius 2 is 2.33 bits per heavy atom. The predicted molar refractivity (Wildman–Crippen MR) is 68.2 cm³/mol. The van der Waals surface area contributed by atoms with Gasteiger partial charge in [0.1, 0.15) is 0 Å². The van der Waals surface area contributed by atoms with Crippen LogP contribution in [0.15, 0.2) is 4.52 Å². The maximum atomic E-state index is 5.12. The smallest absolute Gasteiger partial charge is 0.223 e. The molecule has 5 nitrogen and oxygen atoms in total. The van der Waals surface area contributed by atoms with Crippen molar-refractivity contribution in [3.8, 4) is 0 Å². The molecule has 1 aromatic rings. The lowest BCUT2D eigenvalue weighted by Crippen LogP contribution is -2.38. The number of hydrogen-bond donors (Lipinski definition) is 1. The average Bonchev–Trinajstić information content (AvgIpc) is 2.99. The van der Waals surface area contributed by atoms with Crippen molar-refractivity contribution in [1.29, 1.82) is 0 Å². The van der Waals surface area contributed by atoms with Crippen LogP contribution >= 0.6 is 0 Å². The molecule has 2 fully saturated rings. The highest BCUT2D eigenvalue weighted by molar-refractivity contribution is 4.98. The quantitative estimate of drug-likeness (QED) is 0.881. The molecule has 0 aliphatic carbocycles. The first-order valence-corrected chi connectivity index (χ1v) is 7.08. The summed E-state index contributed by atoms with van der Waals surface area (Å²) in [6.45, 7) is 6.55. The van der Waals surface area contributed by atoms with Crippen LogP contribution in [0.3, 0.4) is 0 Å². The lowest BCUT2D eigenvalue weighted by Gasteiger charge is -2.30. The Morgan fingerprint density at radius 1 is 1.39 bits per heavy atom. The number of aromatic nitrogens is 2. The van der Waals surface area contributed by atoms with Crippen molar-refractivity contribution in [2.45, 2.75) is 38.6 Å². The van der Waals surface area contributed by atoms with Gasteiger partial charge in [0, 0.05) is 13.5 Å². The van der Waals surface area contributed by atoms with Crippen LogP contribution < -0.4 is 5.32 Å². The summed E-state index contributed by atoms with van der Waals surface area (Å²) >= 11 is 0. The van der Waals surface area contributed by atoms with E-state index in [1.165, 1.54) is 45.3 Å². The normalized spacial score (nSPS) is 29.8. The fraction of sp³-hybridized carbons (Fsp3) is 0.846. The lowest BCUT2D eigenvalue weighted by atomic mass is 9.99. The minimum Gasteiger partial charge on any atom is -0.340 e. The van der Waals surface area contributed by atoms with Crippen molar-refractivity contribution in [2.75, 3.05) is 26.2 Å². The molecule has 1 N–H and O–H groups in total. The van der Waals surface area contributed by atoms with E-state index in [9.17, 15) is 0 Å². The molecule has 18 heavy (non-hydrogen) atoms. The Bertz CT molecular complexity index is 386. The number of nitrogens with one attached hydrogen (secondary N) is 1. The zero-order chi connectivity index (χ0) is 12.4. The molecule has 0 radical (unpaired) electrons. The van der Waals surface area contributed by atoms with Crippen LogP contribution in [-0.4, -0.2) is 41.2 Å². The van der Waals surface area contributed by atoms with Crippen LogP contribution in [0.5, 0.6) is 0 Å². The van der Waals surface area contributed by atoms with Crippen LogP contribution in [0.2, 0.25) is 0 Å². The Balaban J connectivity index is 1.63. The number of rotatable bonds is 3. The van der Waals surface area contributed by atoms with Crippen LogP contribution in [0.1, 0.15) is 43.4 Å². The van der Waals surface area contributed by atoms with E-state index in [0.29, 0.717) is 11.9 Å². The van der Waals surface area contributed by atoms with Gasteiger partial charge in [0.2, 0.25) is 5.89 Å². The van der Waals surface area contributed by atoms with E-state index in [-0.39, 0.29) is 0 Å². The minimum absolute atomic E-state index is 0.379. The molecule has 2 saturated heterocycles. The summed E-state index contributed by atoms with van der Waals surface area (Å²) in [5.41, 5.74) is 0. The number of aryl methyl sites for hydroxylation is 1. The third-order valence-corrected chi connectivity index (χ3v) is 4.10. The molecule has 0 saturated carbocycles. The fourth-order valence-electron chi connectivity index (χ4n) is 3.20. The zero-order valence-electron chi connectivity index (χ0n) is 11.1. The van der Waals surface area contributed by atoms with Crippen molar-refractivity contribution in [1.82, 2.24) is 20.4 Å². The van der Waals surface area contributed by atoms with Gasteiger partial charge in [0.05, 0.1) is 6.04 Å². The van der Waals surface area contributed by atoms with E-state index in [1.807, 2.05) is 6.92 Å². The van der Waals surface area contributed by atoms with Gasteiger partial charge in [-0.05, 0) is 51.2 Å². The maximum Gasteiger partial charge on any atom is 0.223 e. The summed E-state index contributed by atoms with van der Waals surface area (Å²) in [5.74, 6) is 2.34. The third kappa shape index (κ3) is 2.57. The van der Waals surface area contributed by atoms with Gasteiger partial charge in [-0.25, -0.2) is 0 Å². The summed E-state index contributed by atoms with van der Waals surface area (Å²) in [6, 6.07) is 0.379. The lowest BCUT2D eigenvalue weighted by molar-refractivity contribution is 0.187. The van der Waals surface area contributed by atoms with Gasteiger partial charge in [-0.1, -0.05) is 5.16 Å². The molecule has 1 aromatic heterocycles. The second-order valence-electron chi connectivity index (χ2n) is 5.54. The molecule has 0 spiro atoms. The summed E-state index contributed by atoms with van der Waals surface area (Å²) in [5, 5.41) is 7.59. The Morgan fingerprint density at radius 3 is 3.06 bits per heavy atom. The van der Waals surface area contributed by atoms with E-state index in [2.05, 4.69) is 20.4 Å². The zero-order valence-corrected chi connectivity index (χ0v) is 11.1. The van der Waals surface area contributed by atoms with Gasteiger partial charge >= 0.3 is 0 Å². The van der Waals surface area contributed by atoms with Crippen molar-refractivity contribution >= 4 is 0 Å². The largest absolute Gasteiger partial charge is 0.340 e. The third-order valence-electron chi connectivity index (χ3n) is 4.10. The summed E-state index contributed by atoms with van der Waals surface area (Å²) < 4.78 is 5.12. The van der Waals surface area contributed by atoms with Crippen LogP contribution in [-0.2, 0) is 0 Å². The van der Waals surface area contributed by atoms with Gasteiger partial charge < -0.3 is 9.84 Å². The van der Waals surface area contributed by atoms with E-state index in [4.69, 9.17) is 4.52 Å². The van der Waals surface area contributed by atoms with Crippen LogP contribution in [0.25, 0.3) is 0 Å². The molecule has 2 aliphatic rings. The fourth-order valence-corrected chi connectivity index (χ4v) is 3.20. The van der Waals surface area contributed by atoms with Crippen molar-refractivity contribution in [3.63, 3.8) is 0 Å². The van der Waals surface area contributed by atoms with E-state index in [1.54, 1.807) is 0 Å². The van der Waals surface area contributed by atoms with Crippen LogP contribution in [0.4, 0.5) is 0 Å². The van der Waals surface area contributed by atoms with Gasteiger partial charge in [0.25, 0.3) is 0 Å². The highest BCUT2D eigenvalue weighted by Crippen LogP contribution is 2.31. The second kappa shape index (κ2) is 5.36. The highest BCUT2D eigenvalue weighted by atomic mass is 16.5. The number of piperidine rings is 1. The molecular weight excluding hydrogens is 228 g/mol. The van der Waals surface area contributed by atoms with E-state index < -0.39 is 0 Å². The Kier molecular flexibility index (Phi) is 3.61. The molecule has 5 heteroatoms. The van der Waals surface area contributed by atoms with Gasteiger partial charge in [-0.3, -0.25) is 4.90 Å². The first-order valence-electron chi connectivity index (χ1n) is 7.08. The molecule has 100 valence electrons. The van der Waals surface area contributed by atoms with Gasteiger partial charge in [-0.15, -0.1) is 0 Å². The summed E-state index contributed by atoms with van der Waals surface area (Å²) in [6.07, 6.45) is 5.07. The summed E-state index contributed by atoms with van der Waals surface area (Å²) in [7, 11) is 0. The topological polar surface area (TPSA) is 54.2 Å². The van der Waals surface area contributed by atoms with Crippen molar-refractivity contribution < 1.29 is 4.52 Å². The first-order chi connectivity index (χ1) is 8.83. The summed E-state index contributed by atoms with van der Waals surface area (Å²) in [4.78, 5) is 6.94. The molecular formula is C13H22N4O. The minimum atomic E-state index is 0.379. The SMILES string of the molecule is Cc1nc(C2CCCN2CC2CCCNC2)no1. The molecule has 2 atom stereocenters. The molecule has 3 rings (SSSR count).